The van der Waals surface area contributed by atoms with E-state index < -0.39 is 12.0 Å². The molecule has 0 unspecified atom stereocenters. The van der Waals surface area contributed by atoms with Gasteiger partial charge in [0.1, 0.15) is 11.9 Å². The predicted molar refractivity (Wildman–Crippen MR) is 112 cm³/mol. The lowest BCUT2D eigenvalue weighted by Gasteiger charge is -2.37. The minimum atomic E-state index is -0.913. The summed E-state index contributed by atoms with van der Waals surface area (Å²) in [6.07, 6.45) is 1.67. The lowest BCUT2D eigenvalue weighted by Crippen LogP contribution is -2.48. The maximum absolute atomic E-state index is 13.5. The lowest BCUT2D eigenvalue weighted by molar-refractivity contribution is -0.144. The van der Waals surface area contributed by atoms with Gasteiger partial charge in [-0.2, -0.15) is 0 Å². The number of benzene rings is 2. The van der Waals surface area contributed by atoms with Crippen LogP contribution in [0, 0.1) is 5.82 Å². The first-order valence-corrected chi connectivity index (χ1v) is 10.1. The van der Waals surface area contributed by atoms with E-state index in [1.807, 2.05) is 17.0 Å². The van der Waals surface area contributed by atoms with Gasteiger partial charge in [0.25, 0.3) is 0 Å². The first kappa shape index (κ1) is 20.2. The predicted octanol–water partition coefficient (Wildman–Crippen LogP) is 4.56. The molecule has 1 aliphatic rings. The summed E-state index contributed by atoms with van der Waals surface area (Å²) in [5, 5.41) is 11.9. The summed E-state index contributed by atoms with van der Waals surface area (Å²) in [6.45, 7) is 3.35. The van der Waals surface area contributed by atoms with Gasteiger partial charge in [0, 0.05) is 65.4 Å². The summed E-state index contributed by atoms with van der Waals surface area (Å²) in [5.74, 6) is -1.27. The fraction of sp³-hybridized carbons (Fsp3) is 0.286. The van der Waals surface area contributed by atoms with Gasteiger partial charge in [0.2, 0.25) is 0 Å². The molecule has 2 heterocycles. The van der Waals surface area contributed by atoms with Crippen molar-refractivity contribution in [3.63, 3.8) is 0 Å². The number of carboxylic acid groups (broad SMARTS) is 1. The van der Waals surface area contributed by atoms with E-state index in [9.17, 15) is 14.3 Å². The molecule has 0 spiro atoms. The SMILES string of the molecule is O=C(O)[C@@H](c1c[nH]c2cc(F)ccc12)N1CCN(Cc2ccc(Cl)cc2Cl)CC1. The number of nitrogens with one attached hydrogen (secondary N) is 1. The van der Waals surface area contributed by atoms with Crippen LogP contribution in [-0.2, 0) is 11.3 Å². The van der Waals surface area contributed by atoms with Crippen molar-refractivity contribution in [2.75, 3.05) is 26.2 Å². The number of fused-ring (bicyclic) bond motifs is 1. The second kappa shape index (κ2) is 8.32. The molecule has 1 aliphatic heterocycles. The highest BCUT2D eigenvalue weighted by Crippen LogP contribution is 2.30. The number of halogens is 3. The third kappa shape index (κ3) is 4.26. The van der Waals surface area contributed by atoms with Crippen LogP contribution >= 0.6 is 23.2 Å². The van der Waals surface area contributed by atoms with Crippen LogP contribution in [0.1, 0.15) is 17.2 Å². The highest BCUT2D eigenvalue weighted by molar-refractivity contribution is 6.35. The van der Waals surface area contributed by atoms with E-state index in [1.165, 1.54) is 12.1 Å². The number of rotatable bonds is 5. The van der Waals surface area contributed by atoms with Crippen LogP contribution in [0.2, 0.25) is 10.0 Å². The van der Waals surface area contributed by atoms with Crippen molar-refractivity contribution < 1.29 is 14.3 Å². The number of hydrogen-bond acceptors (Lipinski definition) is 3. The van der Waals surface area contributed by atoms with E-state index in [4.69, 9.17) is 23.2 Å². The summed E-state index contributed by atoms with van der Waals surface area (Å²) >= 11 is 12.2. The van der Waals surface area contributed by atoms with Gasteiger partial charge in [0.05, 0.1) is 0 Å². The van der Waals surface area contributed by atoms with Crippen LogP contribution in [0.25, 0.3) is 10.9 Å². The van der Waals surface area contributed by atoms with Gasteiger partial charge in [-0.25, -0.2) is 4.39 Å². The van der Waals surface area contributed by atoms with E-state index in [0.29, 0.717) is 40.8 Å². The summed E-state index contributed by atoms with van der Waals surface area (Å²) in [5.41, 5.74) is 2.25. The van der Waals surface area contributed by atoms with Crippen molar-refractivity contribution in [1.29, 1.82) is 0 Å². The van der Waals surface area contributed by atoms with Gasteiger partial charge in [-0.3, -0.25) is 14.6 Å². The third-order valence-corrected chi connectivity index (χ3v) is 5.97. The van der Waals surface area contributed by atoms with E-state index in [-0.39, 0.29) is 5.82 Å². The molecule has 4 rings (SSSR count). The molecule has 0 saturated carbocycles. The van der Waals surface area contributed by atoms with Crippen molar-refractivity contribution in [1.82, 2.24) is 14.8 Å². The third-order valence-electron chi connectivity index (χ3n) is 5.39. The van der Waals surface area contributed by atoms with Crippen LogP contribution in [0.15, 0.2) is 42.6 Å². The topological polar surface area (TPSA) is 59.6 Å². The van der Waals surface area contributed by atoms with E-state index >= 15 is 0 Å². The Labute approximate surface area is 177 Å². The van der Waals surface area contributed by atoms with Crippen LogP contribution < -0.4 is 0 Å². The molecular formula is C21H20Cl2FN3O2. The van der Waals surface area contributed by atoms with Gasteiger partial charge in [-0.05, 0) is 35.9 Å². The second-order valence-corrected chi connectivity index (χ2v) is 8.07. The number of piperazine rings is 1. The molecular weight excluding hydrogens is 416 g/mol. The van der Waals surface area contributed by atoms with Gasteiger partial charge in [-0.15, -0.1) is 0 Å². The zero-order chi connectivity index (χ0) is 20.5. The van der Waals surface area contributed by atoms with Gasteiger partial charge >= 0.3 is 5.97 Å². The molecule has 0 bridgehead atoms. The highest BCUT2D eigenvalue weighted by Gasteiger charge is 2.32. The molecule has 1 aromatic heterocycles. The Kier molecular flexibility index (Phi) is 5.79. The van der Waals surface area contributed by atoms with Crippen LogP contribution in [0.3, 0.4) is 0 Å². The van der Waals surface area contributed by atoms with Crippen molar-refractivity contribution >= 4 is 40.1 Å². The normalized spacial score (nSPS) is 16.9. The summed E-state index contributed by atoms with van der Waals surface area (Å²) < 4.78 is 13.5. The number of nitrogens with zero attached hydrogens (tertiary/aromatic N) is 2. The Balaban J connectivity index is 1.48. The van der Waals surface area contributed by atoms with Crippen LogP contribution in [-0.4, -0.2) is 52.0 Å². The molecule has 8 heteroatoms. The van der Waals surface area contributed by atoms with Crippen molar-refractivity contribution in [2.24, 2.45) is 0 Å². The zero-order valence-corrected chi connectivity index (χ0v) is 17.0. The number of carboxylic acids is 1. The average molecular weight is 436 g/mol. The summed E-state index contributed by atoms with van der Waals surface area (Å²) in [6, 6.07) is 9.05. The van der Waals surface area contributed by atoms with Crippen molar-refractivity contribution in [2.45, 2.75) is 12.6 Å². The van der Waals surface area contributed by atoms with E-state index in [0.717, 1.165) is 24.0 Å². The molecule has 3 aromatic rings. The molecule has 1 atom stereocenters. The fourth-order valence-electron chi connectivity index (χ4n) is 3.90. The number of aromatic amines is 1. The second-order valence-electron chi connectivity index (χ2n) is 7.22. The number of carbonyl (C=O) groups is 1. The molecule has 2 aromatic carbocycles. The Morgan fingerprint density at radius 1 is 1.14 bits per heavy atom. The number of hydrogen-bond donors (Lipinski definition) is 2. The molecule has 0 amide bonds. The largest absolute Gasteiger partial charge is 0.480 e. The van der Waals surface area contributed by atoms with Gasteiger partial charge < -0.3 is 10.1 Å². The minimum absolute atomic E-state index is 0.354. The maximum atomic E-state index is 13.5. The highest BCUT2D eigenvalue weighted by atomic mass is 35.5. The first-order chi connectivity index (χ1) is 13.9. The van der Waals surface area contributed by atoms with Crippen LogP contribution in [0.5, 0.6) is 0 Å². The van der Waals surface area contributed by atoms with Crippen molar-refractivity contribution in [3.8, 4) is 0 Å². The lowest BCUT2D eigenvalue weighted by atomic mass is 10.0. The summed E-state index contributed by atoms with van der Waals surface area (Å²) in [7, 11) is 0. The average Bonchev–Trinajstić information content (AvgIpc) is 3.08. The molecule has 0 aliphatic carbocycles. The van der Waals surface area contributed by atoms with Crippen LogP contribution in [0.4, 0.5) is 4.39 Å². The first-order valence-electron chi connectivity index (χ1n) is 9.32. The van der Waals surface area contributed by atoms with Gasteiger partial charge in [0.15, 0.2) is 0 Å². The Morgan fingerprint density at radius 3 is 2.59 bits per heavy atom. The van der Waals surface area contributed by atoms with E-state index in [2.05, 4.69) is 9.88 Å². The molecule has 1 fully saturated rings. The molecule has 0 radical (unpaired) electrons. The molecule has 152 valence electrons. The molecule has 29 heavy (non-hydrogen) atoms. The van der Waals surface area contributed by atoms with Crippen molar-refractivity contribution in [3.05, 3.63) is 69.6 Å². The zero-order valence-electron chi connectivity index (χ0n) is 15.5. The molecule has 2 N–H and O–H groups in total. The Bertz CT molecular complexity index is 1050. The quantitative estimate of drug-likeness (QED) is 0.616. The Hall–Kier alpha value is -2.12. The standard InChI is InChI=1S/C21H20Cl2FN3O2/c22-14-2-1-13(18(23)9-14)12-26-5-7-27(8-6-26)20(21(28)29)17-11-25-19-10-15(24)3-4-16(17)19/h1-4,9-11,20,25H,5-8,12H2,(H,28,29)/t20-/m1/s1. The number of aromatic nitrogens is 1. The number of aliphatic carboxylic acids is 1. The minimum Gasteiger partial charge on any atom is -0.480 e. The summed E-state index contributed by atoms with van der Waals surface area (Å²) in [4.78, 5) is 19.3. The molecule has 1 saturated heterocycles. The smallest absolute Gasteiger partial charge is 0.325 e. The van der Waals surface area contributed by atoms with Gasteiger partial charge in [-0.1, -0.05) is 29.3 Å². The fourth-order valence-corrected chi connectivity index (χ4v) is 4.37. The molecule has 5 nitrogen and oxygen atoms in total. The monoisotopic (exact) mass is 435 g/mol. The maximum Gasteiger partial charge on any atom is 0.325 e. The number of H-pyrrole nitrogens is 1. The Morgan fingerprint density at radius 2 is 1.90 bits per heavy atom. The van der Waals surface area contributed by atoms with E-state index in [1.54, 1.807) is 18.3 Å².